The van der Waals surface area contributed by atoms with Crippen LogP contribution in [0.5, 0.6) is 0 Å². The Bertz CT molecular complexity index is 196. The van der Waals surface area contributed by atoms with Crippen LogP contribution >= 0.6 is 0 Å². The van der Waals surface area contributed by atoms with Crippen LogP contribution in [-0.2, 0) is 9.47 Å². The number of rotatable bonds is 6. The summed E-state index contributed by atoms with van der Waals surface area (Å²) >= 11 is 0. The Kier molecular flexibility index (Phi) is 7.44. The molecule has 0 aromatic rings. The summed E-state index contributed by atoms with van der Waals surface area (Å²) in [7, 11) is 3.29. The van der Waals surface area contributed by atoms with Gasteiger partial charge < -0.3 is 9.47 Å². The van der Waals surface area contributed by atoms with Gasteiger partial charge in [-0.2, -0.15) is 0 Å². The zero-order valence-corrected chi connectivity index (χ0v) is 9.96. The molecule has 0 aliphatic heterocycles. The van der Waals surface area contributed by atoms with Gasteiger partial charge in [-0.3, -0.25) is 0 Å². The molecule has 0 heterocycles. The molecule has 2 nitrogen and oxygen atoms in total. The highest BCUT2D eigenvalue weighted by atomic mass is 16.7. The summed E-state index contributed by atoms with van der Waals surface area (Å²) in [4.78, 5) is 0. The molecular weight excluding hydrogens is 176 g/mol. The lowest BCUT2D eigenvalue weighted by molar-refractivity contribution is -0.0671. The van der Waals surface area contributed by atoms with Gasteiger partial charge in [-0.25, -0.2) is 0 Å². The summed E-state index contributed by atoms with van der Waals surface area (Å²) in [6.07, 6.45) is 6.20. The molecule has 0 bridgehead atoms. The van der Waals surface area contributed by atoms with E-state index in [2.05, 4.69) is 26.8 Å². The second kappa shape index (κ2) is 7.77. The number of hydrogen-bond acceptors (Lipinski definition) is 2. The van der Waals surface area contributed by atoms with Crippen LogP contribution in [0.25, 0.3) is 0 Å². The van der Waals surface area contributed by atoms with Gasteiger partial charge >= 0.3 is 0 Å². The molecule has 2 heteroatoms. The fraction of sp³-hybridized carbons (Fsp3) is 0.667. The predicted octanol–water partition coefficient (Wildman–Crippen LogP) is 3.30. The molecule has 0 unspecified atom stereocenters. The van der Waals surface area contributed by atoms with E-state index >= 15 is 0 Å². The minimum atomic E-state index is -0.207. The number of hydrogen-bond donors (Lipinski definition) is 0. The van der Waals surface area contributed by atoms with Gasteiger partial charge in [0.2, 0.25) is 0 Å². The average molecular weight is 198 g/mol. The zero-order chi connectivity index (χ0) is 11.0. The molecule has 0 aliphatic rings. The maximum atomic E-state index is 5.08. The highest BCUT2D eigenvalue weighted by molar-refractivity contribution is 5.03. The van der Waals surface area contributed by atoms with E-state index in [0.29, 0.717) is 0 Å². The van der Waals surface area contributed by atoms with Crippen molar-refractivity contribution in [2.24, 2.45) is 0 Å². The van der Waals surface area contributed by atoms with Gasteiger partial charge in [0.15, 0.2) is 6.29 Å². The first-order chi connectivity index (χ1) is 6.60. The Labute approximate surface area is 87.6 Å². The molecule has 14 heavy (non-hydrogen) atoms. The molecule has 82 valence electrons. The zero-order valence-electron chi connectivity index (χ0n) is 9.96. The van der Waals surface area contributed by atoms with Crippen molar-refractivity contribution in [3.8, 4) is 0 Å². The molecule has 0 rings (SSSR count). The first-order valence-electron chi connectivity index (χ1n) is 4.96. The van der Waals surface area contributed by atoms with E-state index < -0.39 is 0 Å². The molecule has 0 saturated heterocycles. The third-order valence-corrected chi connectivity index (χ3v) is 1.98. The first-order valence-corrected chi connectivity index (χ1v) is 4.96. The van der Waals surface area contributed by atoms with Gasteiger partial charge in [0, 0.05) is 14.2 Å². The second-order valence-corrected chi connectivity index (χ2v) is 3.67. The maximum absolute atomic E-state index is 5.08. The lowest BCUT2D eigenvalue weighted by Crippen LogP contribution is -2.09. The van der Waals surface area contributed by atoms with Crippen molar-refractivity contribution in [2.75, 3.05) is 14.2 Å². The third-order valence-electron chi connectivity index (χ3n) is 1.98. The van der Waals surface area contributed by atoms with Crippen molar-refractivity contribution < 1.29 is 9.47 Å². The lowest BCUT2D eigenvalue weighted by Gasteiger charge is -2.09. The number of allylic oxidation sites excluding steroid dienone is 3. The van der Waals surface area contributed by atoms with Gasteiger partial charge in [0.25, 0.3) is 0 Å². The van der Waals surface area contributed by atoms with Crippen LogP contribution in [0.3, 0.4) is 0 Å². The van der Waals surface area contributed by atoms with E-state index in [0.717, 1.165) is 12.8 Å². The predicted molar refractivity (Wildman–Crippen MR) is 60.2 cm³/mol. The summed E-state index contributed by atoms with van der Waals surface area (Å²) in [6.45, 7) is 6.34. The van der Waals surface area contributed by atoms with Gasteiger partial charge in [-0.1, -0.05) is 17.2 Å². The first kappa shape index (κ1) is 13.4. The maximum Gasteiger partial charge on any atom is 0.176 e. The SMILES string of the molecule is COC(C=C(C)CCC=C(C)C)OC. The number of methoxy groups -OCH3 is 2. The monoisotopic (exact) mass is 198 g/mol. The minimum Gasteiger partial charge on any atom is -0.352 e. The second-order valence-electron chi connectivity index (χ2n) is 3.67. The van der Waals surface area contributed by atoms with Crippen LogP contribution in [0.4, 0.5) is 0 Å². The van der Waals surface area contributed by atoms with Crippen LogP contribution in [0.2, 0.25) is 0 Å². The Morgan fingerprint density at radius 1 is 1.14 bits per heavy atom. The largest absolute Gasteiger partial charge is 0.352 e. The van der Waals surface area contributed by atoms with E-state index in [4.69, 9.17) is 9.47 Å². The molecule has 0 aromatic carbocycles. The summed E-state index contributed by atoms with van der Waals surface area (Å²) in [5.74, 6) is 0. The van der Waals surface area contributed by atoms with E-state index in [1.54, 1.807) is 14.2 Å². The highest BCUT2D eigenvalue weighted by Crippen LogP contribution is 2.08. The molecule has 0 aliphatic carbocycles. The van der Waals surface area contributed by atoms with Crippen molar-refractivity contribution in [3.63, 3.8) is 0 Å². The van der Waals surface area contributed by atoms with Crippen molar-refractivity contribution in [1.82, 2.24) is 0 Å². The normalized spacial score (nSPS) is 12.0. The third kappa shape index (κ3) is 6.87. The topological polar surface area (TPSA) is 18.5 Å². The van der Waals surface area contributed by atoms with Crippen LogP contribution in [-0.4, -0.2) is 20.5 Å². The fourth-order valence-corrected chi connectivity index (χ4v) is 1.14. The molecule has 0 atom stereocenters. The fourth-order valence-electron chi connectivity index (χ4n) is 1.14. The summed E-state index contributed by atoms with van der Waals surface area (Å²) in [5, 5.41) is 0. The van der Waals surface area contributed by atoms with Gasteiger partial charge in [0.05, 0.1) is 0 Å². The van der Waals surface area contributed by atoms with Crippen LogP contribution < -0.4 is 0 Å². The van der Waals surface area contributed by atoms with Crippen molar-refractivity contribution in [1.29, 1.82) is 0 Å². The van der Waals surface area contributed by atoms with E-state index in [9.17, 15) is 0 Å². The van der Waals surface area contributed by atoms with Crippen LogP contribution in [0.1, 0.15) is 33.6 Å². The quantitative estimate of drug-likeness (QED) is 0.481. The van der Waals surface area contributed by atoms with Crippen molar-refractivity contribution in [3.05, 3.63) is 23.3 Å². The molecule has 0 saturated carbocycles. The molecular formula is C12H22O2. The van der Waals surface area contributed by atoms with Gasteiger partial charge in [0.1, 0.15) is 0 Å². The van der Waals surface area contributed by atoms with Gasteiger partial charge in [-0.05, 0) is 39.7 Å². The van der Waals surface area contributed by atoms with Gasteiger partial charge in [-0.15, -0.1) is 0 Å². The Morgan fingerprint density at radius 2 is 1.71 bits per heavy atom. The number of ether oxygens (including phenoxy) is 2. The van der Waals surface area contributed by atoms with Crippen LogP contribution in [0, 0.1) is 0 Å². The molecule has 0 N–H and O–H groups in total. The molecule has 0 radical (unpaired) electrons. The Morgan fingerprint density at radius 3 is 2.14 bits per heavy atom. The minimum absolute atomic E-state index is 0.207. The standard InChI is InChI=1S/C12H22O2/c1-10(2)7-6-8-11(3)9-12(13-4)14-5/h7,9,12H,6,8H2,1-5H3. The van der Waals surface area contributed by atoms with E-state index in [1.807, 2.05) is 6.08 Å². The van der Waals surface area contributed by atoms with Crippen molar-refractivity contribution >= 4 is 0 Å². The summed E-state index contributed by atoms with van der Waals surface area (Å²) in [5.41, 5.74) is 2.67. The average Bonchev–Trinajstić information content (AvgIpc) is 2.13. The highest BCUT2D eigenvalue weighted by Gasteiger charge is 2.00. The summed E-state index contributed by atoms with van der Waals surface area (Å²) < 4.78 is 10.2. The molecule has 0 spiro atoms. The Hall–Kier alpha value is -0.600. The summed E-state index contributed by atoms with van der Waals surface area (Å²) in [6, 6.07) is 0. The van der Waals surface area contributed by atoms with E-state index in [1.165, 1.54) is 11.1 Å². The smallest absolute Gasteiger partial charge is 0.176 e. The lowest BCUT2D eigenvalue weighted by atomic mass is 10.1. The molecule has 0 aromatic heterocycles. The van der Waals surface area contributed by atoms with Crippen molar-refractivity contribution in [2.45, 2.75) is 39.9 Å². The molecule has 0 amide bonds. The van der Waals surface area contributed by atoms with E-state index in [-0.39, 0.29) is 6.29 Å². The molecule has 0 fully saturated rings. The van der Waals surface area contributed by atoms with Crippen LogP contribution in [0.15, 0.2) is 23.3 Å². The Balaban J connectivity index is 3.93.